The van der Waals surface area contributed by atoms with Crippen LogP contribution in [0.5, 0.6) is 0 Å². The van der Waals surface area contributed by atoms with Gasteiger partial charge in [0.15, 0.2) is 0 Å². The summed E-state index contributed by atoms with van der Waals surface area (Å²) >= 11 is 0. The zero-order valence-electron chi connectivity index (χ0n) is 43.5. The number of quaternary nitrogens is 1. The summed E-state index contributed by atoms with van der Waals surface area (Å²) < 4.78 is 23.4. The second-order valence-corrected chi connectivity index (χ2v) is 22.1. The van der Waals surface area contributed by atoms with Crippen LogP contribution in [-0.2, 0) is 18.4 Å². The highest BCUT2D eigenvalue weighted by molar-refractivity contribution is 7.45. The largest absolute Gasteiger partial charge is 0.756 e. The van der Waals surface area contributed by atoms with Crippen LogP contribution in [0.4, 0.5) is 0 Å². The molecule has 0 aliphatic carbocycles. The molecule has 0 aromatic rings. The SMILES string of the molecule is CCCCCCCCCCC/C=C\CCCCCCCC(=O)NC(COP(=O)([O-])OCC[N+](C)(C)C)C(O)CCCCCCCCCCCCCCCCCCCCCCCCCC. The molecule has 0 aliphatic heterocycles. The zero-order chi connectivity index (χ0) is 47.1. The zero-order valence-corrected chi connectivity index (χ0v) is 44.4. The van der Waals surface area contributed by atoms with Crippen molar-refractivity contribution in [3.63, 3.8) is 0 Å². The van der Waals surface area contributed by atoms with Gasteiger partial charge in [-0.15, -0.1) is 0 Å². The number of rotatable bonds is 52. The molecular formula is C55H111N2O6P. The predicted molar refractivity (Wildman–Crippen MR) is 275 cm³/mol. The van der Waals surface area contributed by atoms with Crippen molar-refractivity contribution in [2.75, 3.05) is 40.9 Å². The maximum absolute atomic E-state index is 13.0. The minimum atomic E-state index is -4.57. The quantitative estimate of drug-likeness (QED) is 0.0272. The number of aliphatic hydroxyl groups excluding tert-OH is 1. The number of allylic oxidation sites excluding steroid dienone is 2. The molecule has 0 radical (unpaired) electrons. The summed E-state index contributed by atoms with van der Waals surface area (Å²) in [5.41, 5.74) is 0. The van der Waals surface area contributed by atoms with Crippen LogP contribution in [0.2, 0.25) is 0 Å². The van der Waals surface area contributed by atoms with Crippen LogP contribution in [-0.4, -0.2) is 68.5 Å². The summed E-state index contributed by atoms with van der Waals surface area (Å²) in [5.74, 6) is -0.168. The van der Waals surface area contributed by atoms with E-state index < -0.39 is 20.0 Å². The van der Waals surface area contributed by atoms with Gasteiger partial charge in [-0.1, -0.05) is 251 Å². The number of hydrogen-bond donors (Lipinski definition) is 2. The lowest BCUT2D eigenvalue weighted by Gasteiger charge is -2.30. The number of carbonyl (C=O) groups is 1. The van der Waals surface area contributed by atoms with E-state index in [0.29, 0.717) is 23.9 Å². The van der Waals surface area contributed by atoms with Crippen molar-refractivity contribution >= 4 is 13.7 Å². The molecule has 0 aliphatic rings. The Kier molecular flexibility index (Phi) is 46.8. The van der Waals surface area contributed by atoms with Gasteiger partial charge in [-0.3, -0.25) is 9.36 Å². The molecule has 8 nitrogen and oxygen atoms in total. The molecule has 0 rings (SSSR count). The number of phosphoric acid groups is 1. The number of hydrogen-bond acceptors (Lipinski definition) is 6. The maximum Gasteiger partial charge on any atom is 0.268 e. The molecule has 0 aromatic heterocycles. The molecule has 3 atom stereocenters. The molecule has 0 bridgehead atoms. The van der Waals surface area contributed by atoms with Gasteiger partial charge in [0.05, 0.1) is 39.9 Å². The van der Waals surface area contributed by atoms with E-state index in [4.69, 9.17) is 9.05 Å². The number of aliphatic hydroxyl groups is 1. The highest BCUT2D eigenvalue weighted by Gasteiger charge is 2.24. The summed E-state index contributed by atoms with van der Waals surface area (Å²) in [6, 6.07) is -0.802. The van der Waals surface area contributed by atoms with Crippen LogP contribution >= 0.6 is 7.82 Å². The molecule has 9 heteroatoms. The Labute approximate surface area is 399 Å². The minimum absolute atomic E-state index is 0.0129. The summed E-state index contributed by atoms with van der Waals surface area (Å²) in [6.45, 7) is 4.76. The van der Waals surface area contributed by atoms with Crippen LogP contribution in [0, 0.1) is 0 Å². The first-order chi connectivity index (χ1) is 31.0. The Morgan fingerprint density at radius 1 is 0.531 bits per heavy atom. The summed E-state index contributed by atoms with van der Waals surface area (Å²) in [5, 5.41) is 14.0. The lowest BCUT2D eigenvalue weighted by atomic mass is 10.0. The fourth-order valence-corrected chi connectivity index (χ4v) is 9.29. The van der Waals surface area contributed by atoms with Crippen LogP contribution in [0.3, 0.4) is 0 Å². The van der Waals surface area contributed by atoms with Crippen molar-refractivity contribution in [2.45, 2.75) is 296 Å². The third kappa shape index (κ3) is 49.2. The van der Waals surface area contributed by atoms with Gasteiger partial charge in [-0.2, -0.15) is 0 Å². The van der Waals surface area contributed by atoms with E-state index in [1.807, 2.05) is 21.1 Å². The molecule has 0 fully saturated rings. The molecule has 1 amide bonds. The van der Waals surface area contributed by atoms with Crippen LogP contribution in [0.15, 0.2) is 12.2 Å². The lowest BCUT2D eigenvalue weighted by molar-refractivity contribution is -0.870. The van der Waals surface area contributed by atoms with Crippen molar-refractivity contribution in [1.82, 2.24) is 5.32 Å². The fourth-order valence-electron chi connectivity index (χ4n) is 8.57. The maximum atomic E-state index is 13.0. The third-order valence-corrected chi connectivity index (χ3v) is 14.0. The Morgan fingerprint density at radius 3 is 1.22 bits per heavy atom. The van der Waals surface area contributed by atoms with Crippen molar-refractivity contribution < 1.29 is 32.9 Å². The second kappa shape index (κ2) is 47.3. The Balaban J connectivity index is 4.17. The second-order valence-electron chi connectivity index (χ2n) is 20.6. The van der Waals surface area contributed by atoms with Crippen molar-refractivity contribution in [3.05, 3.63) is 12.2 Å². The molecule has 64 heavy (non-hydrogen) atoms. The van der Waals surface area contributed by atoms with E-state index in [2.05, 4.69) is 31.3 Å². The predicted octanol–water partition coefficient (Wildman–Crippen LogP) is 16.0. The van der Waals surface area contributed by atoms with Gasteiger partial charge in [-0.05, 0) is 38.5 Å². The first-order valence-electron chi connectivity index (χ1n) is 28.0. The van der Waals surface area contributed by atoms with E-state index >= 15 is 0 Å². The van der Waals surface area contributed by atoms with Crippen molar-refractivity contribution in [1.29, 1.82) is 0 Å². The van der Waals surface area contributed by atoms with Gasteiger partial charge in [0.25, 0.3) is 7.82 Å². The minimum Gasteiger partial charge on any atom is -0.756 e. The Bertz CT molecular complexity index is 1050. The fraction of sp³-hybridized carbons (Fsp3) is 0.945. The molecule has 3 unspecified atom stereocenters. The number of unbranched alkanes of at least 4 members (excludes halogenated alkanes) is 37. The van der Waals surface area contributed by atoms with Gasteiger partial charge in [0.2, 0.25) is 5.91 Å². The number of nitrogens with zero attached hydrogens (tertiary/aromatic N) is 1. The van der Waals surface area contributed by atoms with Gasteiger partial charge < -0.3 is 28.8 Å². The third-order valence-electron chi connectivity index (χ3n) is 13.0. The van der Waals surface area contributed by atoms with E-state index in [1.165, 1.54) is 205 Å². The van der Waals surface area contributed by atoms with Crippen molar-refractivity contribution in [2.24, 2.45) is 0 Å². The smallest absolute Gasteiger partial charge is 0.268 e. The molecule has 0 saturated carbocycles. The van der Waals surface area contributed by atoms with E-state index in [9.17, 15) is 19.4 Å². The standard InChI is InChI=1S/C55H111N2O6P/c1-6-8-10-12-14-16-18-20-22-24-26-27-28-29-30-31-32-34-36-38-40-42-44-46-48-54(58)53(52-63-64(60,61)62-51-50-57(3,4)5)56-55(59)49-47-45-43-41-39-37-35-33-25-23-21-19-17-15-13-11-9-7-2/h33,35,53-54,58H,6-32,34,36-52H2,1-5H3,(H-,56,59,60,61)/b35-33-. The Hall–Kier alpha value is -0.760. The van der Waals surface area contributed by atoms with Crippen molar-refractivity contribution in [3.8, 4) is 0 Å². The summed E-state index contributed by atoms with van der Waals surface area (Å²) in [4.78, 5) is 25.5. The number of nitrogens with one attached hydrogen (secondary N) is 1. The summed E-state index contributed by atoms with van der Waals surface area (Å²) in [7, 11) is 1.31. The van der Waals surface area contributed by atoms with Gasteiger partial charge >= 0.3 is 0 Å². The molecule has 0 saturated heterocycles. The highest BCUT2D eigenvalue weighted by atomic mass is 31.2. The average molecular weight is 927 g/mol. The molecule has 0 aromatic carbocycles. The van der Waals surface area contributed by atoms with Crippen LogP contribution in [0.25, 0.3) is 0 Å². The number of phosphoric ester groups is 1. The number of carbonyl (C=O) groups excluding carboxylic acids is 1. The summed E-state index contributed by atoms with van der Waals surface area (Å²) in [6.07, 6.45) is 56.6. The van der Waals surface area contributed by atoms with Gasteiger partial charge in [0, 0.05) is 6.42 Å². The van der Waals surface area contributed by atoms with Crippen LogP contribution in [0.1, 0.15) is 284 Å². The van der Waals surface area contributed by atoms with Crippen LogP contribution < -0.4 is 10.2 Å². The normalized spacial score (nSPS) is 14.0. The molecule has 382 valence electrons. The molecule has 2 N–H and O–H groups in total. The highest BCUT2D eigenvalue weighted by Crippen LogP contribution is 2.38. The molecular weight excluding hydrogens is 816 g/mol. The van der Waals surface area contributed by atoms with Gasteiger partial charge in [0.1, 0.15) is 13.2 Å². The monoisotopic (exact) mass is 927 g/mol. The van der Waals surface area contributed by atoms with E-state index in [-0.39, 0.29) is 19.1 Å². The van der Waals surface area contributed by atoms with E-state index in [0.717, 1.165) is 51.4 Å². The Morgan fingerprint density at radius 2 is 0.859 bits per heavy atom. The average Bonchev–Trinajstić information content (AvgIpc) is 3.25. The van der Waals surface area contributed by atoms with E-state index in [1.54, 1.807) is 0 Å². The molecule has 0 heterocycles. The first kappa shape index (κ1) is 63.2. The molecule has 0 spiro atoms. The number of amides is 1. The first-order valence-corrected chi connectivity index (χ1v) is 29.5. The topological polar surface area (TPSA) is 108 Å². The lowest BCUT2D eigenvalue weighted by Crippen LogP contribution is -2.46. The number of likely N-dealkylation sites (N-methyl/N-ethyl adjacent to an activating group) is 1. The van der Waals surface area contributed by atoms with Gasteiger partial charge in [-0.25, -0.2) is 0 Å².